The van der Waals surface area contributed by atoms with E-state index in [0.717, 1.165) is 22.3 Å². The van der Waals surface area contributed by atoms with Gasteiger partial charge in [-0.1, -0.05) is 126 Å². The van der Waals surface area contributed by atoms with E-state index in [4.69, 9.17) is 4.84 Å². The fraction of sp³-hybridized carbons (Fsp3) is 0.206. The van der Waals surface area contributed by atoms with Gasteiger partial charge in [-0.3, -0.25) is 9.59 Å². The predicted octanol–water partition coefficient (Wildman–Crippen LogP) is 5.65. The SMILES string of the molecule is CN(Cc1ccccc1)C(=O)[C@@H]1CC(=NOCc2ccccc2)CN1C(=O)C(c1ccccc1)c1ccccc1. The monoisotopic (exact) mass is 531 g/mol. The number of rotatable bonds is 9. The largest absolute Gasteiger partial charge is 0.391 e. The smallest absolute Gasteiger partial charge is 0.245 e. The molecule has 0 unspecified atom stereocenters. The number of nitrogens with zero attached hydrogens (tertiary/aromatic N) is 3. The molecular formula is C34H33N3O3. The summed E-state index contributed by atoms with van der Waals surface area (Å²) < 4.78 is 0. The Bertz CT molecular complexity index is 1390. The molecule has 1 fully saturated rings. The van der Waals surface area contributed by atoms with Crippen LogP contribution in [0.1, 0.15) is 34.6 Å². The molecule has 1 saturated heterocycles. The number of likely N-dealkylation sites (tertiary alicyclic amines) is 1. The van der Waals surface area contributed by atoms with Gasteiger partial charge in [0.25, 0.3) is 0 Å². The molecule has 0 radical (unpaired) electrons. The molecule has 202 valence electrons. The van der Waals surface area contributed by atoms with Crippen molar-refractivity contribution in [3.8, 4) is 0 Å². The highest BCUT2D eigenvalue weighted by Crippen LogP contribution is 2.30. The van der Waals surface area contributed by atoms with E-state index in [1.165, 1.54) is 0 Å². The van der Waals surface area contributed by atoms with Crippen molar-refractivity contribution < 1.29 is 14.4 Å². The quantitative estimate of drug-likeness (QED) is 0.262. The molecule has 4 aromatic rings. The second-order valence-electron chi connectivity index (χ2n) is 10.0. The first kappa shape index (κ1) is 26.9. The predicted molar refractivity (Wildman–Crippen MR) is 156 cm³/mol. The summed E-state index contributed by atoms with van der Waals surface area (Å²) >= 11 is 0. The molecule has 0 N–H and O–H groups in total. The molecule has 1 heterocycles. The molecule has 1 atom stereocenters. The molecule has 0 aromatic heterocycles. The number of benzene rings is 4. The molecule has 0 aliphatic carbocycles. The van der Waals surface area contributed by atoms with Gasteiger partial charge in [0.15, 0.2) is 0 Å². The van der Waals surface area contributed by atoms with Gasteiger partial charge in [0.2, 0.25) is 11.8 Å². The van der Waals surface area contributed by atoms with Crippen molar-refractivity contribution >= 4 is 17.5 Å². The molecule has 6 nitrogen and oxygen atoms in total. The van der Waals surface area contributed by atoms with Crippen LogP contribution in [0.25, 0.3) is 0 Å². The third kappa shape index (κ3) is 6.46. The average Bonchev–Trinajstić information content (AvgIpc) is 3.43. The Balaban J connectivity index is 1.42. The average molecular weight is 532 g/mol. The van der Waals surface area contributed by atoms with Gasteiger partial charge in [-0.15, -0.1) is 0 Å². The maximum absolute atomic E-state index is 14.3. The summed E-state index contributed by atoms with van der Waals surface area (Å²) in [5.41, 5.74) is 4.47. The zero-order valence-corrected chi connectivity index (χ0v) is 22.6. The van der Waals surface area contributed by atoms with Crippen LogP contribution in [-0.4, -0.2) is 47.0 Å². The van der Waals surface area contributed by atoms with Gasteiger partial charge >= 0.3 is 0 Å². The summed E-state index contributed by atoms with van der Waals surface area (Å²) in [6.45, 7) is 1.01. The van der Waals surface area contributed by atoms with Crippen LogP contribution in [0.3, 0.4) is 0 Å². The highest BCUT2D eigenvalue weighted by Gasteiger charge is 2.42. The van der Waals surface area contributed by atoms with Crippen LogP contribution in [0.15, 0.2) is 126 Å². The minimum absolute atomic E-state index is 0.120. The van der Waals surface area contributed by atoms with Crippen LogP contribution in [0.2, 0.25) is 0 Å². The molecule has 6 heteroatoms. The van der Waals surface area contributed by atoms with E-state index in [2.05, 4.69) is 5.16 Å². The molecule has 0 bridgehead atoms. The molecule has 40 heavy (non-hydrogen) atoms. The summed E-state index contributed by atoms with van der Waals surface area (Å²) in [7, 11) is 1.78. The van der Waals surface area contributed by atoms with Crippen LogP contribution >= 0.6 is 0 Å². The van der Waals surface area contributed by atoms with E-state index in [1.807, 2.05) is 121 Å². The van der Waals surface area contributed by atoms with Gasteiger partial charge in [-0.25, -0.2) is 0 Å². The van der Waals surface area contributed by atoms with E-state index in [1.54, 1.807) is 16.8 Å². The van der Waals surface area contributed by atoms with Gasteiger partial charge in [0.1, 0.15) is 12.6 Å². The standard InChI is InChI=1S/C34H33N3O3/c1-36(23-26-14-6-2-7-15-26)33(38)31-22-30(35-40-25-27-16-8-3-9-17-27)24-37(31)34(39)32(28-18-10-4-11-19-28)29-20-12-5-13-21-29/h2-21,31-32H,22-25H2,1H3/t31-/m0/s1. The first-order valence-corrected chi connectivity index (χ1v) is 13.5. The van der Waals surface area contributed by atoms with Gasteiger partial charge in [-0.2, -0.15) is 0 Å². The molecule has 1 aliphatic heterocycles. The van der Waals surface area contributed by atoms with Crippen molar-refractivity contribution in [2.45, 2.75) is 31.5 Å². The number of hydrogen-bond acceptors (Lipinski definition) is 4. The van der Waals surface area contributed by atoms with Crippen molar-refractivity contribution in [3.63, 3.8) is 0 Å². The summed E-state index contributed by atoms with van der Waals surface area (Å²) in [4.78, 5) is 37.2. The van der Waals surface area contributed by atoms with Gasteiger partial charge in [-0.05, 0) is 22.3 Å². The highest BCUT2D eigenvalue weighted by molar-refractivity contribution is 6.02. The fourth-order valence-corrected chi connectivity index (χ4v) is 5.12. The van der Waals surface area contributed by atoms with Crippen LogP contribution in [0, 0.1) is 0 Å². The fourth-order valence-electron chi connectivity index (χ4n) is 5.12. The third-order valence-electron chi connectivity index (χ3n) is 7.15. The van der Waals surface area contributed by atoms with Crippen molar-refractivity contribution in [3.05, 3.63) is 144 Å². The Labute approximate surface area is 235 Å². The van der Waals surface area contributed by atoms with Gasteiger partial charge < -0.3 is 14.6 Å². The first-order chi connectivity index (χ1) is 19.6. The normalized spacial score (nSPS) is 15.8. The van der Waals surface area contributed by atoms with E-state index >= 15 is 0 Å². The second kappa shape index (κ2) is 12.9. The second-order valence-corrected chi connectivity index (χ2v) is 10.0. The Hall–Kier alpha value is -4.71. The minimum atomic E-state index is -0.671. The summed E-state index contributed by atoms with van der Waals surface area (Å²) in [5, 5.41) is 4.38. The number of oxime groups is 1. The first-order valence-electron chi connectivity index (χ1n) is 13.5. The molecule has 4 aromatic carbocycles. The molecule has 2 amide bonds. The highest BCUT2D eigenvalue weighted by atomic mass is 16.6. The van der Waals surface area contributed by atoms with Gasteiger partial charge in [0.05, 0.1) is 18.2 Å². The maximum atomic E-state index is 14.3. The Morgan fingerprint density at radius 2 is 1.30 bits per heavy atom. The van der Waals surface area contributed by atoms with Crippen LogP contribution in [0.5, 0.6) is 0 Å². The van der Waals surface area contributed by atoms with E-state index in [0.29, 0.717) is 25.3 Å². The number of carbonyl (C=O) groups is 2. The lowest BCUT2D eigenvalue weighted by Gasteiger charge is -2.30. The van der Waals surface area contributed by atoms with Crippen LogP contribution in [-0.2, 0) is 27.6 Å². The van der Waals surface area contributed by atoms with E-state index in [-0.39, 0.29) is 18.4 Å². The number of carbonyl (C=O) groups excluding carboxylic acids is 2. The number of amides is 2. The van der Waals surface area contributed by atoms with E-state index in [9.17, 15) is 9.59 Å². The Morgan fingerprint density at radius 3 is 1.85 bits per heavy atom. The van der Waals surface area contributed by atoms with Crippen molar-refractivity contribution in [1.82, 2.24) is 9.80 Å². The van der Waals surface area contributed by atoms with Gasteiger partial charge in [0, 0.05) is 20.0 Å². The number of likely N-dealkylation sites (N-methyl/N-ethyl adjacent to an activating group) is 1. The Kier molecular flexibility index (Phi) is 8.66. The van der Waals surface area contributed by atoms with Crippen molar-refractivity contribution in [2.75, 3.05) is 13.6 Å². The lowest BCUT2D eigenvalue weighted by Crippen LogP contribution is -2.48. The molecule has 1 aliphatic rings. The lowest BCUT2D eigenvalue weighted by molar-refractivity contribution is -0.143. The minimum Gasteiger partial charge on any atom is -0.391 e. The van der Waals surface area contributed by atoms with Crippen LogP contribution < -0.4 is 0 Å². The number of hydrogen-bond donors (Lipinski definition) is 0. The van der Waals surface area contributed by atoms with Crippen LogP contribution in [0.4, 0.5) is 0 Å². The van der Waals surface area contributed by atoms with E-state index < -0.39 is 12.0 Å². The molecule has 5 rings (SSSR count). The summed E-state index contributed by atoms with van der Waals surface area (Å²) in [5.74, 6) is -0.788. The molecular weight excluding hydrogens is 498 g/mol. The lowest BCUT2D eigenvalue weighted by atomic mass is 9.89. The summed E-state index contributed by atoms with van der Waals surface area (Å²) in [6, 6.07) is 38.4. The third-order valence-corrected chi connectivity index (χ3v) is 7.15. The topological polar surface area (TPSA) is 62.2 Å². The Morgan fingerprint density at radius 1 is 0.800 bits per heavy atom. The zero-order valence-electron chi connectivity index (χ0n) is 22.6. The van der Waals surface area contributed by atoms with Crippen molar-refractivity contribution in [1.29, 1.82) is 0 Å². The molecule has 0 saturated carbocycles. The van der Waals surface area contributed by atoms with Crippen molar-refractivity contribution in [2.24, 2.45) is 5.16 Å². The zero-order chi connectivity index (χ0) is 27.7. The summed E-state index contributed by atoms with van der Waals surface area (Å²) in [6.07, 6.45) is 0.328. The maximum Gasteiger partial charge on any atom is 0.245 e. The molecule has 0 spiro atoms.